The number of nitro groups is 1. The van der Waals surface area contributed by atoms with E-state index in [4.69, 9.17) is 9.15 Å². The molecule has 4 aromatic rings. The van der Waals surface area contributed by atoms with Gasteiger partial charge in [0.25, 0.3) is 5.69 Å². The summed E-state index contributed by atoms with van der Waals surface area (Å²) in [7, 11) is 1.52. The zero-order chi connectivity index (χ0) is 23.5. The van der Waals surface area contributed by atoms with E-state index < -0.39 is 10.8 Å². The molecule has 3 aromatic carbocycles. The van der Waals surface area contributed by atoms with Crippen molar-refractivity contribution in [1.82, 2.24) is 0 Å². The second kappa shape index (κ2) is 8.96. The van der Waals surface area contributed by atoms with Gasteiger partial charge in [-0.3, -0.25) is 14.9 Å². The van der Waals surface area contributed by atoms with Crippen molar-refractivity contribution in [2.75, 3.05) is 12.4 Å². The van der Waals surface area contributed by atoms with Crippen LogP contribution in [0.1, 0.15) is 12.5 Å². The van der Waals surface area contributed by atoms with Crippen molar-refractivity contribution < 1.29 is 23.3 Å². The standard InChI is InChI=1S/C25H19FN2O5/c1-15(10-25(29)27-18-4-3-5-19(11-18)28(30)31)20-12-21-22(16-6-8-17(26)9-7-16)14-33-24(21)13-23(20)32-2/h3-14H,1-2H3,(H,27,29)/b15-10+. The zero-order valence-corrected chi connectivity index (χ0v) is 17.8. The number of nitrogens with one attached hydrogen (secondary N) is 1. The fourth-order valence-corrected chi connectivity index (χ4v) is 3.54. The molecule has 4 rings (SSSR count). The van der Waals surface area contributed by atoms with Gasteiger partial charge in [-0.25, -0.2) is 4.39 Å². The van der Waals surface area contributed by atoms with Gasteiger partial charge in [0.05, 0.1) is 18.3 Å². The molecule has 0 unspecified atom stereocenters. The van der Waals surface area contributed by atoms with Gasteiger partial charge in [0, 0.05) is 46.5 Å². The first-order chi connectivity index (χ1) is 15.9. The fraction of sp³-hybridized carbons (Fsp3) is 0.0800. The van der Waals surface area contributed by atoms with Gasteiger partial charge in [-0.15, -0.1) is 0 Å². The third-order valence-electron chi connectivity index (χ3n) is 5.15. The van der Waals surface area contributed by atoms with Crippen molar-refractivity contribution in [3.63, 3.8) is 0 Å². The number of ether oxygens (including phenoxy) is 1. The van der Waals surface area contributed by atoms with Crippen LogP contribution in [0.4, 0.5) is 15.8 Å². The molecule has 0 atom stereocenters. The van der Waals surface area contributed by atoms with Crippen molar-refractivity contribution >= 4 is 33.8 Å². The lowest BCUT2D eigenvalue weighted by Gasteiger charge is -2.10. The van der Waals surface area contributed by atoms with Gasteiger partial charge >= 0.3 is 0 Å². The number of rotatable bonds is 6. The summed E-state index contributed by atoms with van der Waals surface area (Å²) >= 11 is 0. The number of nitro benzene ring substituents is 1. The van der Waals surface area contributed by atoms with E-state index in [1.807, 2.05) is 6.07 Å². The molecule has 1 N–H and O–H groups in total. The summed E-state index contributed by atoms with van der Waals surface area (Å²) in [6.07, 6.45) is 2.98. The van der Waals surface area contributed by atoms with Gasteiger partial charge in [-0.05, 0) is 42.3 Å². The summed E-state index contributed by atoms with van der Waals surface area (Å²) < 4.78 is 24.5. The number of carbonyl (C=O) groups is 1. The highest BCUT2D eigenvalue weighted by Crippen LogP contribution is 2.37. The first kappa shape index (κ1) is 21.8. The minimum atomic E-state index is -0.527. The molecule has 0 aliphatic rings. The summed E-state index contributed by atoms with van der Waals surface area (Å²) in [4.78, 5) is 23.0. The maximum absolute atomic E-state index is 13.3. The zero-order valence-electron chi connectivity index (χ0n) is 17.8. The second-order valence-corrected chi connectivity index (χ2v) is 7.33. The summed E-state index contributed by atoms with van der Waals surface area (Å²) in [5.41, 5.74) is 3.64. The van der Waals surface area contributed by atoms with E-state index in [-0.39, 0.29) is 11.5 Å². The monoisotopic (exact) mass is 446 g/mol. The fourth-order valence-electron chi connectivity index (χ4n) is 3.54. The Balaban J connectivity index is 1.68. The average molecular weight is 446 g/mol. The Hall–Kier alpha value is -4.46. The molecule has 1 aromatic heterocycles. The molecule has 0 aliphatic heterocycles. The Morgan fingerprint density at radius 1 is 1.15 bits per heavy atom. The molecule has 166 valence electrons. The normalized spacial score (nSPS) is 11.4. The Kier molecular flexibility index (Phi) is 5.91. The molecule has 1 heterocycles. The number of amides is 1. The van der Waals surface area contributed by atoms with Crippen molar-refractivity contribution in [2.45, 2.75) is 6.92 Å². The minimum Gasteiger partial charge on any atom is -0.496 e. The molecule has 0 fully saturated rings. The van der Waals surface area contributed by atoms with Crippen LogP contribution in [0.15, 0.2) is 77.4 Å². The molecule has 0 aliphatic carbocycles. The molecular weight excluding hydrogens is 427 g/mol. The van der Waals surface area contributed by atoms with E-state index in [2.05, 4.69) is 5.32 Å². The first-order valence-electron chi connectivity index (χ1n) is 9.95. The van der Waals surface area contributed by atoms with E-state index in [0.717, 1.165) is 16.5 Å². The predicted octanol–water partition coefficient (Wildman–Crippen LogP) is 6.20. The van der Waals surface area contributed by atoms with Crippen molar-refractivity contribution in [1.29, 1.82) is 0 Å². The smallest absolute Gasteiger partial charge is 0.271 e. The van der Waals surface area contributed by atoms with Crippen LogP contribution in [0.3, 0.4) is 0 Å². The van der Waals surface area contributed by atoms with E-state index in [0.29, 0.717) is 28.2 Å². The summed E-state index contributed by atoms with van der Waals surface area (Å²) in [5, 5.41) is 14.4. The maximum Gasteiger partial charge on any atom is 0.271 e. The predicted molar refractivity (Wildman–Crippen MR) is 124 cm³/mol. The Labute approximate surface area is 188 Å². The number of hydrogen-bond acceptors (Lipinski definition) is 5. The molecule has 0 spiro atoms. The summed E-state index contributed by atoms with van der Waals surface area (Å²) in [6, 6.07) is 15.4. The molecule has 33 heavy (non-hydrogen) atoms. The van der Waals surface area contributed by atoms with Gasteiger partial charge in [0.15, 0.2) is 0 Å². The van der Waals surface area contributed by atoms with Gasteiger partial charge in [0.1, 0.15) is 17.1 Å². The Morgan fingerprint density at radius 2 is 1.91 bits per heavy atom. The number of hydrogen-bond donors (Lipinski definition) is 1. The van der Waals surface area contributed by atoms with E-state index in [1.54, 1.807) is 37.5 Å². The van der Waals surface area contributed by atoms with Crippen LogP contribution in [0.2, 0.25) is 0 Å². The molecule has 0 bridgehead atoms. The third kappa shape index (κ3) is 4.59. The highest BCUT2D eigenvalue weighted by molar-refractivity contribution is 6.05. The van der Waals surface area contributed by atoms with E-state index >= 15 is 0 Å². The SMILES string of the molecule is COc1cc2occ(-c3ccc(F)cc3)c2cc1/C(C)=C/C(=O)Nc1cccc([N+](=O)[O-])c1. The number of benzene rings is 3. The van der Waals surface area contributed by atoms with Gasteiger partial charge in [-0.1, -0.05) is 18.2 Å². The number of carbonyl (C=O) groups excluding carboxylic acids is 1. The summed E-state index contributed by atoms with van der Waals surface area (Å²) in [5.74, 6) is -0.261. The topological polar surface area (TPSA) is 94.6 Å². The first-order valence-corrected chi connectivity index (χ1v) is 9.95. The van der Waals surface area contributed by atoms with Crippen molar-refractivity contribution in [3.05, 3.63) is 94.5 Å². The van der Waals surface area contributed by atoms with Crippen LogP contribution in [0.5, 0.6) is 5.75 Å². The number of methoxy groups -OCH3 is 1. The number of fused-ring (bicyclic) bond motifs is 1. The number of non-ortho nitro benzene ring substituents is 1. The molecule has 8 heteroatoms. The molecule has 7 nitrogen and oxygen atoms in total. The Morgan fingerprint density at radius 3 is 2.61 bits per heavy atom. The third-order valence-corrected chi connectivity index (χ3v) is 5.15. The van der Waals surface area contributed by atoms with Crippen LogP contribution in [-0.2, 0) is 4.79 Å². The van der Waals surface area contributed by atoms with Gasteiger partial charge in [-0.2, -0.15) is 0 Å². The van der Waals surface area contributed by atoms with Crippen LogP contribution in [0.25, 0.3) is 27.7 Å². The Bertz CT molecular complexity index is 1390. The van der Waals surface area contributed by atoms with Crippen molar-refractivity contribution in [2.24, 2.45) is 0 Å². The number of allylic oxidation sites excluding steroid dienone is 1. The lowest BCUT2D eigenvalue weighted by Crippen LogP contribution is -2.09. The molecule has 0 saturated heterocycles. The van der Waals surface area contributed by atoms with E-state index in [9.17, 15) is 19.3 Å². The van der Waals surface area contributed by atoms with Crippen LogP contribution in [0, 0.1) is 15.9 Å². The number of anilines is 1. The largest absolute Gasteiger partial charge is 0.496 e. The van der Waals surface area contributed by atoms with Gasteiger partial charge in [0.2, 0.25) is 5.91 Å². The molecule has 0 saturated carbocycles. The van der Waals surface area contributed by atoms with E-state index in [1.165, 1.54) is 43.5 Å². The van der Waals surface area contributed by atoms with Crippen molar-refractivity contribution in [3.8, 4) is 16.9 Å². The molecule has 0 radical (unpaired) electrons. The lowest BCUT2D eigenvalue weighted by molar-refractivity contribution is -0.384. The second-order valence-electron chi connectivity index (χ2n) is 7.33. The molecular formula is C25H19FN2O5. The summed E-state index contributed by atoms with van der Waals surface area (Å²) in [6.45, 7) is 1.76. The minimum absolute atomic E-state index is 0.117. The maximum atomic E-state index is 13.3. The quantitative estimate of drug-likeness (QED) is 0.216. The highest BCUT2D eigenvalue weighted by atomic mass is 19.1. The lowest BCUT2D eigenvalue weighted by atomic mass is 9.99. The van der Waals surface area contributed by atoms with Gasteiger partial charge < -0.3 is 14.5 Å². The van der Waals surface area contributed by atoms with Crippen LogP contribution < -0.4 is 10.1 Å². The van der Waals surface area contributed by atoms with Crippen LogP contribution >= 0.6 is 0 Å². The molecule has 1 amide bonds. The number of halogens is 1. The highest BCUT2D eigenvalue weighted by Gasteiger charge is 2.15. The van der Waals surface area contributed by atoms with Crippen LogP contribution in [-0.4, -0.2) is 17.9 Å². The number of nitrogens with zero attached hydrogens (tertiary/aromatic N) is 1. The number of furan rings is 1. The average Bonchev–Trinajstić information content (AvgIpc) is 3.21.